The van der Waals surface area contributed by atoms with E-state index in [1.807, 2.05) is 50.4 Å². The van der Waals surface area contributed by atoms with Crippen molar-refractivity contribution in [2.45, 2.75) is 39.5 Å². The van der Waals surface area contributed by atoms with Crippen molar-refractivity contribution in [1.29, 1.82) is 0 Å². The minimum atomic E-state index is -0.606. The third-order valence-corrected chi connectivity index (χ3v) is 6.08. The molecule has 2 aromatic carbocycles. The maximum absolute atomic E-state index is 13.1. The highest BCUT2D eigenvalue weighted by Crippen LogP contribution is 2.37. The van der Waals surface area contributed by atoms with E-state index < -0.39 is 5.92 Å². The minimum absolute atomic E-state index is 0.0511. The fourth-order valence-corrected chi connectivity index (χ4v) is 4.83. The average molecular weight is 391 g/mol. The lowest BCUT2D eigenvalue weighted by atomic mass is 9.86. The number of rotatable bonds is 4. The molecule has 1 fully saturated rings. The van der Waals surface area contributed by atoms with E-state index in [1.165, 1.54) is 11.5 Å². The molecule has 1 aliphatic carbocycles. The highest BCUT2D eigenvalue weighted by Gasteiger charge is 2.42. The maximum Gasteiger partial charge on any atom is 0.151 e. The Morgan fingerprint density at radius 3 is 2.32 bits per heavy atom. The molecule has 1 saturated carbocycles. The van der Waals surface area contributed by atoms with Crippen molar-refractivity contribution < 1.29 is 9.59 Å². The number of carbonyl (C=O) groups is 2. The van der Waals surface area contributed by atoms with Gasteiger partial charge in [-0.1, -0.05) is 46.4 Å². The first-order valence-corrected chi connectivity index (χ1v) is 10.3. The fourth-order valence-electron chi connectivity index (χ4n) is 4.36. The van der Waals surface area contributed by atoms with Gasteiger partial charge in [0.15, 0.2) is 5.78 Å². The normalized spacial score (nSPS) is 19.4. The summed E-state index contributed by atoms with van der Waals surface area (Å²) in [6.07, 6.45) is 0.925. The summed E-state index contributed by atoms with van der Waals surface area (Å²) in [6.45, 7) is 6.03. The number of hydrogen-bond acceptors (Lipinski definition) is 5. The van der Waals surface area contributed by atoms with Crippen molar-refractivity contribution in [3.63, 3.8) is 0 Å². The van der Waals surface area contributed by atoms with Gasteiger partial charge in [0.1, 0.15) is 17.4 Å². The Bertz CT molecular complexity index is 1020. The summed E-state index contributed by atoms with van der Waals surface area (Å²) in [4.78, 5) is 25.9. The second-order valence-corrected chi connectivity index (χ2v) is 8.32. The molecular formula is C23H22N2O2S. The SMILES string of the molecule is Cc1cc(C)c(C2C(=O)CC(Cc3ccc(-c4csnn4)cc3)C2=O)c(C)c1. The van der Waals surface area contributed by atoms with Crippen LogP contribution in [-0.2, 0) is 16.0 Å². The summed E-state index contributed by atoms with van der Waals surface area (Å²) in [6, 6.07) is 12.1. The van der Waals surface area contributed by atoms with Crippen molar-refractivity contribution in [3.05, 3.63) is 69.6 Å². The van der Waals surface area contributed by atoms with Crippen LogP contribution in [0.1, 0.15) is 40.2 Å². The number of nitrogens with zero attached hydrogens (tertiary/aromatic N) is 2. The van der Waals surface area contributed by atoms with E-state index in [2.05, 4.69) is 21.7 Å². The van der Waals surface area contributed by atoms with Gasteiger partial charge in [-0.05, 0) is 61.0 Å². The van der Waals surface area contributed by atoms with Crippen LogP contribution < -0.4 is 0 Å². The molecule has 5 heteroatoms. The van der Waals surface area contributed by atoms with Gasteiger partial charge in [-0.15, -0.1) is 5.10 Å². The first-order chi connectivity index (χ1) is 13.4. The van der Waals surface area contributed by atoms with Gasteiger partial charge in [-0.3, -0.25) is 9.59 Å². The van der Waals surface area contributed by atoms with E-state index in [4.69, 9.17) is 0 Å². The predicted molar refractivity (Wildman–Crippen MR) is 111 cm³/mol. The molecule has 142 valence electrons. The molecular weight excluding hydrogens is 368 g/mol. The highest BCUT2D eigenvalue weighted by molar-refractivity contribution is 7.03. The highest BCUT2D eigenvalue weighted by atomic mass is 32.1. The van der Waals surface area contributed by atoms with Crippen LogP contribution in [-0.4, -0.2) is 21.2 Å². The van der Waals surface area contributed by atoms with E-state index in [9.17, 15) is 9.59 Å². The van der Waals surface area contributed by atoms with Crippen LogP contribution in [0.3, 0.4) is 0 Å². The fraction of sp³-hybridized carbons (Fsp3) is 0.304. The third-order valence-electron chi connectivity index (χ3n) is 5.57. The molecule has 4 nitrogen and oxygen atoms in total. The molecule has 2 atom stereocenters. The Morgan fingerprint density at radius 1 is 1.04 bits per heavy atom. The van der Waals surface area contributed by atoms with E-state index in [1.54, 1.807) is 0 Å². The summed E-state index contributed by atoms with van der Waals surface area (Å²) in [7, 11) is 0. The number of aromatic nitrogens is 2. The average Bonchev–Trinajstić information content (AvgIpc) is 3.26. The van der Waals surface area contributed by atoms with Crippen LogP contribution in [0.15, 0.2) is 41.8 Å². The monoisotopic (exact) mass is 390 g/mol. The molecule has 0 aliphatic heterocycles. The van der Waals surface area contributed by atoms with E-state index >= 15 is 0 Å². The van der Waals surface area contributed by atoms with Gasteiger partial charge in [-0.2, -0.15) is 0 Å². The van der Waals surface area contributed by atoms with Crippen LogP contribution >= 0.6 is 11.5 Å². The molecule has 0 N–H and O–H groups in total. The van der Waals surface area contributed by atoms with Crippen LogP contribution in [0.25, 0.3) is 11.3 Å². The van der Waals surface area contributed by atoms with E-state index in [0.29, 0.717) is 12.8 Å². The maximum atomic E-state index is 13.1. The number of hydrogen-bond donors (Lipinski definition) is 0. The van der Waals surface area contributed by atoms with Gasteiger partial charge in [0, 0.05) is 23.3 Å². The van der Waals surface area contributed by atoms with Gasteiger partial charge < -0.3 is 0 Å². The molecule has 1 heterocycles. The van der Waals surface area contributed by atoms with Crippen molar-refractivity contribution >= 4 is 23.1 Å². The molecule has 0 bridgehead atoms. The van der Waals surface area contributed by atoms with E-state index in [0.717, 1.165) is 39.1 Å². The Morgan fingerprint density at radius 2 is 1.71 bits per heavy atom. The number of ketones is 2. The lowest BCUT2D eigenvalue weighted by molar-refractivity contribution is -0.124. The molecule has 28 heavy (non-hydrogen) atoms. The van der Waals surface area contributed by atoms with Crippen molar-refractivity contribution in [2.75, 3.05) is 0 Å². The first-order valence-electron chi connectivity index (χ1n) is 9.44. The molecule has 3 aromatic rings. The van der Waals surface area contributed by atoms with Crippen molar-refractivity contribution in [2.24, 2.45) is 5.92 Å². The van der Waals surface area contributed by atoms with Gasteiger partial charge >= 0.3 is 0 Å². The van der Waals surface area contributed by atoms with Crippen LogP contribution in [0.4, 0.5) is 0 Å². The standard InChI is InChI=1S/C23H22N2O2S/c1-13-8-14(2)21(15(3)9-13)22-20(26)11-18(23(22)27)10-16-4-6-17(7-5-16)19-12-28-25-24-19/h4-9,12,18,22H,10-11H2,1-3H3. The molecule has 0 amide bonds. The lowest BCUT2D eigenvalue weighted by Crippen LogP contribution is -2.18. The van der Waals surface area contributed by atoms with E-state index in [-0.39, 0.29) is 17.5 Å². The molecule has 0 spiro atoms. The summed E-state index contributed by atoms with van der Waals surface area (Å²) >= 11 is 1.32. The smallest absolute Gasteiger partial charge is 0.151 e. The van der Waals surface area contributed by atoms with Gasteiger partial charge in [-0.25, -0.2) is 0 Å². The number of benzene rings is 2. The summed E-state index contributed by atoms with van der Waals surface area (Å²) in [5.41, 5.74) is 7.07. The Kier molecular flexibility index (Phi) is 4.94. The summed E-state index contributed by atoms with van der Waals surface area (Å²) in [5.74, 6) is -0.738. The largest absolute Gasteiger partial charge is 0.298 e. The second kappa shape index (κ2) is 7.40. The zero-order valence-corrected chi connectivity index (χ0v) is 17.0. The topological polar surface area (TPSA) is 59.9 Å². The van der Waals surface area contributed by atoms with Crippen molar-refractivity contribution in [3.8, 4) is 11.3 Å². The first kappa shape index (κ1) is 18.7. The minimum Gasteiger partial charge on any atom is -0.298 e. The summed E-state index contributed by atoms with van der Waals surface area (Å²) < 4.78 is 3.89. The Labute approximate surface area is 168 Å². The van der Waals surface area contributed by atoms with Crippen LogP contribution in [0, 0.1) is 26.7 Å². The van der Waals surface area contributed by atoms with Crippen LogP contribution in [0.2, 0.25) is 0 Å². The van der Waals surface area contributed by atoms with Crippen LogP contribution in [0.5, 0.6) is 0 Å². The number of carbonyl (C=O) groups excluding carboxylic acids is 2. The molecule has 4 rings (SSSR count). The molecule has 1 aliphatic rings. The lowest BCUT2D eigenvalue weighted by Gasteiger charge is -2.16. The Balaban J connectivity index is 1.55. The quantitative estimate of drug-likeness (QED) is 0.610. The molecule has 1 aromatic heterocycles. The summed E-state index contributed by atoms with van der Waals surface area (Å²) in [5, 5.41) is 5.99. The molecule has 2 unspecified atom stereocenters. The van der Waals surface area contributed by atoms with Gasteiger partial charge in [0.05, 0.1) is 0 Å². The van der Waals surface area contributed by atoms with Gasteiger partial charge in [0.25, 0.3) is 0 Å². The van der Waals surface area contributed by atoms with Gasteiger partial charge in [0.2, 0.25) is 0 Å². The third kappa shape index (κ3) is 3.42. The predicted octanol–water partition coefficient (Wildman–Crippen LogP) is 4.61. The number of aryl methyl sites for hydroxylation is 3. The van der Waals surface area contributed by atoms with Crippen molar-refractivity contribution in [1.82, 2.24) is 9.59 Å². The Hall–Kier alpha value is -2.66. The second-order valence-electron chi connectivity index (χ2n) is 7.71. The molecule has 0 saturated heterocycles. The molecule has 0 radical (unpaired) electrons. The zero-order chi connectivity index (χ0) is 19.8. The number of Topliss-reactive ketones (excluding diaryl/α,β-unsaturated/α-hetero) is 2. The zero-order valence-electron chi connectivity index (χ0n) is 16.2.